The Morgan fingerprint density at radius 3 is 2.42 bits per heavy atom. The van der Waals surface area contributed by atoms with Crippen LogP contribution in [0.5, 0.6) is 0 Å². The predicted molar refractivity (Wildman–Crippen MR) is 101 cm³/mol. The van der Waals surface area contributed by atoms with Crippen molar-refractivity contribution < 1.29 is 4.74 Å². The minimum absolute atomic E-state index is 0.638. The summed E-state index contributed by atoms with van der Waals surface area (Å²) >= 11 is 6.17. The highest BCUT2D eigenvalue weighted by molar-refractivity contribution is 6.31. The molecular formula is C19H24ClN3O. The lowest BCUT2D eigenvalue weighted by Crippen LogP contribution is -2.37. The molecule has 0 heterocycles. The number of hydrogen-bond donors (Lipinski definition) is 2. The molecule has 0 aliphatic heterocycles. The Labute approximate surface area is 148 Å². The minimum atomic E-state index is 0.638. The van der Waals surface area contributed by atoms with Gasteiger partial charge in [0.15, 0.2) is 5.96 Å². The average molecular weight is 346 g/mol. The standard InChI is InChI=1S/C19H24ClN3O/c1-21-19(22-12-11-17-5-3-4-6-18(17)20)23-13-15-7-9-16(10-8-15)14-24-2/h3-10H,11-14H2,1-2H3,(H2,21,22,23). The first-order chi connectivity index (χ1) is 11.7. The summed E-state index contributed by atoms with van der Waals surface area (Å²) in [6.45, 7) is 2.13. The van der Waals surface area contributed by atoms with Crippen molar-refractivity contribution in [3.63, 3.8) is 0 Å². The molecule has 24 heavy (non-hydrogen) atoms. The molecule has 0 radical (unpaired) electrons. The van der Waals surface area contributed by atoms with Crippen molar-refractivity contribution in [2.45, 2.75) is 19.6 Å². The molecule has 0 fully saturated rings. The Kier molecular flexibility index (Phi) is 7.59. The second-order valence-electron chi connectivity index (χ2n) is 5.44. The summed E-state index contributed by atoms with van der Waals surface area (Å²) in [5.41, 5.74) is 3.50. The first kappa shape index (κ1) is 18.3. The monoisotopic (exact) mass is 345 g/mol. The fourth-order valence-corrected chi connectivity index (χ4v) is 2.57. The smallest absolute Gasteiger partial charge is 0.191 e. The zero-order chi connectivity index (χ0) is 17.2. The number of nitrogens with one attached hydrogen (secondary N) is 2. The van der Waals surface area contributed by atoms with Gasteiger partial charge in [-0.05, 0) is 29.2 Å². The largest absolute Gasteiger partial charge is 0.380 e. The van der Waals surface area contributed by atoms with E-state index in [9.17, 15) is 0 Å². The van der Waals surface area contributed by atoms with E-state index >= 15 is 0 Å². The molecule has 2 aromatic carbocycles. The molecular weight excluding hydrogens is 322 g/mol. The highest BCUT2D eigenvalue weighted by atomic mass is 35.5. The zero-order valence-electron chi connectivity index (χ0n) is 14.2. The van der Waals surface area contributed by atoms with E-state index in [4.69, 9.17) is 16.3 Å². The van der Waals surface area contributed by atoms with Gasteiger partial charge in [0.2, 0.25) is 0 Å². The highest BCUT2D eigenvalue weighted by Crippen LogP contribution is 2.14. The summed E-state index contributed by atoms with van der Waals surface area (Å²) in [5, 5.41) is 7.42. The lowest BCUT2D eigenvalue weighted by atomic mass is 10.1. The lowest BCUT2D eigenvalue weighted by Gasteiger charge is -2.12. The summed E-state index contributed by atoms with van der Waals surface area (Å²) < 4.78 is 5.12. The molecule has 2 N–H and O–H groups in total. The second kappa shape index (κ2) is 9.96. The van der Waals surface area contributed by atoms with Crippen molar-refractivity contribution in [2.75, 3.05) is 20.7 Å². The number of nitrogens with zero attached hydrogens (tertiary/aromatic N) is 1. The number of benzene rings is 2. The summed E-state index contributed by atoms with van der Waals surface area (Å²) in [7, 11) is 3.47. The third-order valence-electron chi connectivity index (χ3n) is 3.66. The van der Waals surface area contributed by atoms with E-state index in [0.29, 0.717) is 6.61 Å². The molecule has 0 atom stereocenters. The van der Waals surface area contributed by atoms with Crippen LogP contribution < -0.4 is 10.6 Å². The van der Waals surface area contributed by atoms with Crippen LogP contribution in [-0.2, 0) is 24.3 Å². The molecule has 0 spiro atoms. The van der Waals surface area contributed by atoms with E-state index in [1.165, 1.54) is 11.1 Å². The van der Waals surface area contributed by atoms with E-state index in [-0.39, 0.29) is 0 Å². The molecule has 2 aromatic rings. The first-order valence-electron chi connectivity index (χ1n) is 7.97. The number of ether oxygens (including phenoxy) is 1. The molecule has 4 nitrogen and oxygen atoms in total. The van der Waals surface area contributed by atoms with Gasteiger partial charge in [0.1, 0.15) is 0 Å². The fraction of sp³-hybridized carbons (Fsp3) is 0.316. The van der Waals surface area contributed by atoms with Crippen molar-refractivity contribution in [2.24, 2.45) is 4.99 Å². The van der Waals surface area contributed by atoms with Gasteiger partial charge < -0.3 is 15.4 Å². The minimum Gasteiger partial charge on any atom is -0.380 e. The van der Waals surface area contributed by atoms with Gasteiger partial charge in [-0.3, -0.25) is 4.99 Å². The topological polar surface area (TPSA) is 45.7 Å². The predicted octanol–water partition coefficient (Wildman–Crippen LogP) is 3.39. The molecule has 0 saturated heterocycles. The Hall–Kier alpha value is -2.04. The average Bonchev–Trinajstić information content (AvgIpc) is 2.61. The number of aliphatic imine (C=N–C) groups is 1. The molecule has 0 aliphatic carbocycles. The maximum Gasteiger partial charge on any atom is 0.191 e. The van der Waals surface area contributed by atoms with E-state index in [0.717, 1.165) is 36.1 Å². The van der Waals surface area contributed by atoms with Crippen LogP contribution >= 0.6 is 11.6 Å². The molecule has 0 amide bonds. The second-order valence-corrected chi connectivity index (χ2v) is 5.85. The van der Waals surface area contributed by atoms with E-state index in [2.05, 4.69) is 39.9 Å². The molecule has 0 aliphatic rings. The van der Waals surface area contributed by atoms with Crippen molar-refractivity contribution in [1.82, 2.24) is 10.6 Å². The van der Waals surface area contributed by atoms with E-state index in [1.807, 2.05) is 24.3 Å². The maximum absolute atomic E-state index is 6.17. The maximum atomic E-state index is 6.17. The number of rotatable bonds is 7. The summed E-state index contributed by atoms with van der Waals surface area (Å²) in [6.07, 6.45) is 0.853. The molecule has 0 unspecified atom stereocenters. The van der Waals surface area contributed by atoms with Gasteiger partial charge in [-0.2, -0.15) is 0 Å². The summed E-state index contributed by atoms with van der Waals surface area (Å²) in [5.74, 6) is 0.781. The van der Waals surface area contributed by atoms with Crippen LogP contribution in [0.3, 0.4) is 0 Å². The molecule has 128 valence electrons. The molecule has 0 bridgehead atoms. The van der Waals surface area contributed by atoms with Gasteiger partial charge in [0.25, 0.3) is 0 Å². The molecule has 5 heteroatoms. The van der Waals surface area contributed by atoms with Crippen LogP contribution in [0.15, 0.2) is 53.5 Å². The number of guanidine groups is 1. The van der Waals surface area contributed by atoms with Crippen LogP contribution in [0.2, 0.25) is 5.02 Å². The molecule has 2 rings (SSSR count). The number of halogens is 1. The van der Waals surface area contributed by atoms with Crippen LogP contribution in [-0.4, -0.2) is 26.7 Å². The van der Waals surface area contributed by atoms with Crippen molar-refractivity contribution >= 4 is 17.6 Å². The SMILES string of the molecule is CN=C(NCCc1ccccc1Cl)NCc1ccc(COC)cc1. The van der Waals surface area contributed by atoms with Gasteiger partial charge in [-0.1, -0.05) is 54.1 Å². The molecule has 0 saturated carbocycles. The lowest BCUT2D eigenvalue weighted by molar-refractivity contribution is 0.185. The van der Waals surface area contributed by atoms with E-state index < -0.39 is 0 Å². The van der Waals surface area contributed by atoms with Gasteiger partial charge in [-0.15, -0.1) is 0 Å². The fourth-order valence-electron chi connectivity index (χ4n) is 2.34. The van der Waals surface area contributed by atoms with E-state index in [1.54, 1.807) is 14.2 Å². The molecule has 0 aromatic heterocycles. The normalized spacial score (nSPS) is 11.4. The van der Waals surface area contributed by atoms with Gasteiger partial charge >= 0.3 is 0 Å². The Bertz CT molecular complexity index is 656. The van der Waals surface area contributed by atoms with Crippen LogP contribution in [0, 0.1) is 0 Å². The third kappa shape index (κ3) is 5.87. The van der Waals surface area contributed by atoms with Gasteiger partial charge in [0, 0.05) is 32.3 Å². The van der Waals surface area contributed by atoms with Crippen molar-refractivity contribution in [3.05, 3.63) is 70.2 Å². The van der Waals surface area contributed by atoms with Crippen molar-refractivity contribution in [1.29, 1.82) is 0 Å². The summed E-state index contributed by atoms with van der Waals surface area (Å²) in [6, 6.07) is 16.2. The van der Waals surface area contributed by atoms with Gasteiger partial charge in [0.05, 0.1) is 6.61 Å². The Morgan fingerprint density at radius 1 is 1.04 bits per heavy atom. The Morgan fingerprint density at radius 2 is 1.75 bits per heavy atom. The zero-order valence-corrected chi connectivity index (χ0v) is 14.9. The van der Waals surface area contributed by atoms with Crippen LogP contribution in [0.4, 0.5) is 0 Å². The van der Waals surface area contributed by atoms with Crippen molar-refractivity contribution in [3.8, 4) is 0 Å². The van der Waals surface area contributed by atoms with Gasteiger partial charge in [-0.25, -0.2) is 0 Å². The number of methoxy groups -OCH3 is 1. The van der Waals surface area contributed by atoms with Crippen LogP contribution in [0.25, 0.3) is 0 Å². The first-order valence-corrected chi connectivity index (χ1v) is 8.35. The van der Waals surface area contributed by atoms with Crippen LogP contribution in [0.1, 0.15) is 16.7 Å². The third-order valence-corrected chi connectivity index (χ3v) is 4.03. The number of hydrogen-bond acceptors (Lipinski definition) is 2. The highest BCUT2D eigenvalue weighted by Gasteiger charge is 2.01. The summed E-state index contributed by atoms with van der Waals surface area (Å²) in [4.78, 5) is 4.25. The Balaban J connectivity index is 1.77. The quantitative estimate of drug-likeness (QED) is 0.597.